The summed E-state index contributed by atoms with van der Waals surface area (Å²) in [7, 11) is 0. The number of hydrogen-bond acceptors (Lipinski definition) is 5. The van der Waals surface area contributed by atoms with Gasteiger partial charge >= 0.3 is 0 Å². The zero-order valence-electron chi connectivity index (χ0n) is 17.3. The van der Waals surface area contributed by atoms with E-state index < -0.39 is 11.6 Å². The lowest BCUT2D eigenvalue weighted by molar-refractivity contribution is -0.118. The number of thioether (sulfide) groups is 1. The molecule has 0 saturated heterocycles. The van der Waals surface area contributed by atoms with Crippen LogP contribution in [-0.4, -0.2) is 21.2 Å². The van der Waals surface area contributed by atoms with E-state index in [4.69, 9.17) is 0 Å². The molecule has 0 spiro atoms. The average Bonchev–Trinajstić information content (AvgIpc) is 3.20. The smallest absolute Gasteiger partial charge is 0.276 e. The second-order valence-electron chi connectivity index (χ2n) is 7.32. The van der Waals surface area contributed by atoms with Gasteiger partial charge in [-0.25, -0.2) is 13.8 Å². The topological polar surface area (TPSA) is 64.0 Å². The van der Waals surface area contributed by atoms with Crippen molar-refractivity contribution in [3.8, 4) is 5.69 Å². The molecule has 2 aromatic carbocycles. The number of nitrogens with zero attached hydrogens (tertiary/aromatic N) is 2. The largest absolute Gasteiger partial charge is 0.351 e. The van der Waals surface area contributed by atoms with Crippen molar-refractivity contribution in [3.63, 3.8) is 0 Å². The van der Waals surface area contributed by atoms with Crippen LogP contribution in [0.5, 0.6) is 0 Å². The second-order valence-corrected chi connectivity index (χ2v) is 9.18. The number of carbonyl (C=O) groups excluding carboxylic acids is 1. The quantitative estimate of drug-likeness (QED) is 0.326. The van der Waals surface area contributed by atoms with Crippen molar-refractivity contribution in [2.45, 2.75) is 25.5 Å². The average molecular weight is 472 g/mol. The van der Waals surface area contributed by atoms with Crippen LogP contribution in [0.1, 0.15) is 16.7 Å². The highest BCUT2D eigenvalue weighted by Gasteiger charge is 2.16. The van der Waals surface area contributed by atoms with Gasteiger partial charge in [-0.2, -0.15) is 0 Å². The highest BCUT2D eigenvalue weighted by Crippen LogP contribution is 2.24. The Morgan fingerprint density at radius 1 is 1.12 bits per heavy atom. The number of aryl methyl sites for hydroxylation is 2. The molecule has 0 fully saturated rings. The Morgan fingerprint density at radius 3 is 2.59 bits per heavy atom. The predicted octanol–water partition coefficient (Wildman–Crippen LogP) is 4.75. The summed E-state index contributed by atoms with van der Waals surface area (Å²) in [6, 6.07) is 10.8. The van der Waals surface area contributed by atoms with Crippen LogP contribution in [0.15, 0.2) is 57.8 Å². The van der Waals surface area contributed by atoms with Gasteiger partial charge in [0.15, 0.2) is 5.16 Å². The van der Waals surface area contributed by atoms with E-state index in [1.165, 1.54) is 22.0 Å². The minimum absolute atomic E-state index is 0.0182. The lowest BCUT2D eigenvalue weighted by Crippen LogP contribution is -2.26. The van der Waals surface area contributed by atoms with Gasteiger partial charge in [0, 0.05) is 18.2 Å². The Balaban J connectivity index is 1.58. The highest BCUT2D eigenvalue weighted by molar-refractivity contribution is 7.99. The Hall–Kier alpha value is -3.04. The molecule has 1 amide bonds. The molecule has 0 saturated carbocycles. The fourth-order valence-electron chi connectivity index (χ4n) is 3.34. The summed E-state index contributed by atoms with van der Waals surface area (Å²) in [4.78, 5) is 30.2. The number of carbonyl (C=O) groups is 1. The minimum atomic E-state index is -0.716. The molecule has 2 aromatic heterocycles. The normalized spacial score (nSPS) is 11.1. The number of rotatable bonds is 6. The minimum Gasteiger partial charge on any atom is -0.351 e. The van der Waals surface area contributed by atoms with E-state index >= 15 is 0 Å². The number of aromatic nitrogens is 2. The van der Waals surface area contributed by atoms with Gasteiger partial charge < -0.3 is 5.32 Å². The van der Waals surface area contributed by atoms with Crippen LogP contribution in [0, 0.1) is 25.5 Å². The second kappa shape index (κ2) is 9.22. The van der Waals surface area contributed by atoms with Gasteiger partial charge in [-0.05, 0) is 54.6 Å². The molecule has 0 aliphatic rings. The van der Waals surface area contributed by atoms with Crippen molar-refractivity contribution < 1.29 is 13.6 Å². The van der Waals surface area contributed by atoms with Crippen LogP contribution in [0.25, 0.3) is 15.9 Å². The number of halogens is 2. The van der Waals surface area contributed by atoms with Gasteiger partial charge in [-0.1, -0.05) is 23.9 Å². The number of hydrogen-bond donors (Lipinski definition) is 1. The SMILES string of the molecule is Cc1cc(C)cc(-n2c(SCC(=O)NCc3ccc(F)cc3F)nc3ccsc3c2=O)c1. The number of amides is 1. The summed E-state index contributed by atoms with van der Waals surface area (Å²) in [6.45, 7) is 3.84. The molecule has 0 radical (unpaired) electrons. The molecular formula is C23H19F2N3O2S2. The molecule has 0 aliphatic carbocycles. The van der Waals surface area contributed by atoms with Gasteiger partial charge in [0.05, 0.1) is 17.0 Å². The highest BCUT2D eigenvalue weighted by atomic mass is 32.2. The van der Waals surface area contributed by atoms with E-state index in [2.05, 4.69) is 10.3 Å². The zero-order valence-corrected chi connectivity index (χ0v) is 18.9. The van der Waals surface area contributed by atoms with Crippen molar-refractivity contribution in [2.24, 2.45) is 0 Å². The molecule has 1 N–H and O–H groups in total. The predicted molar refractivity (Wildman–Crippen MR) is 124 cm³/mol. The Bertz CT molecular complexity index is 1360. The van der Waals surface area contributed by atoms with Crippen molar-refractivity contribution in [2.75, 3.05) is 5.75 Å². The molecule has 5 nitrogen and oxygen atoms in total. The molecule has 0 aliphatic heterocycles. The van der Waals surface area contributed by atoms with Crippen LogP contribution in [-0.2, 0) is 11.3 Å². The third-order valence-electron chi connectivity index (χ3n) is 4.74. The first-order valence-corrected chi connectivity index (χ1v) is 11.6. The van der Waals surface area contributed by atoms with E-state index in [1.54, 1.807) is 6.07 Å². The Labute approximate surface area is 191 Å². The molecule has 9 heteroatoms. The van der Waals surface area contributed by atoms with Crippen LogP contribution in [0.4, 0.5) is 8.78 Å². The molecule has 0 atom stereocenters. The maximum Gasteiger partial charge on any atom is 0.276 e. The van der Waals surface area contributed by atoms with Gasteiger partial charge in [0.25, 0.3) is 5.56 Å². The number of thiophene rings is 1. The van der Waals surface area contributed by atoms with E-state index in [-0.39, 0.29) is 29.3 Å². The first kappa shape index (κ1) is 22.2. The summed E-state index contributed by atoms with van der Waals surface area (Å²) in [5.41, 5.74) is 3.28. The molecule has 4 aromatic rings. The van der Waals surface area contributed by atoms with Crippen LogP contribution < -0.4 is 10.9 Å². The summed E-state index contributed by atoms with van der Waals surface area (Å²) < 4.78 is 28.9. The van der Waals surface area contributed by atoms with Crippen LogP contribution >= 0.6 is 23.1 Å². The Kier molecular flexibility index (Phi) is 6.38. The molecule has 0 bridgehead atoms. The molecule has 164 valence electrons. The van der Waals surface area contributed by atoms with Gasteiger partial charge in [0.1, 0.15) is 16.3 Å². The summed E-state index contributed by atoms with van der Waals surface area (Å²) in [5, 5.41) is 4.82. The summed E-state index contributed by atoms with van der Waals surface area (Å²) >= 11 is 2.45. The standard InChI is InChI=1S/C23H19F2N3O2S2/c1-13-7-14(2)9-17(8-13)28-22(30)21-19(5-6-31-21)27-23(28)32-12-20(29)26-11-15-3-4-16(24)10-18(15)25/h3-10H,11-12H2,1-2H3,(H,26,29). The number of benzene rings is 2. The van der Waals surface area contributed by atoms with Crippen molar-refractivity contribution >= 4 is 39.2 Å². The van der Waals surface area contributed by atoms with E-state index in [1.807, 2.05) is 37.4 Å². The third-order valence-corrected chi connectivity index (χ3v) is 6.57. The molecular weight excluding hydrogens is 452 g/mol. The number of nitrogens with one attached hydrogen (secondary N) is 1. The third kappa shape index (κ3) is 4.73. The molecule has 4 rings (SSSR count). The van der Waals surface area contributed by atoms with E-state index in [0.717, 1.165) is 35.0 Å². The van der Waals surface area contributed by atoms with Crippen LogP contribution in [0.3, 0.4) is 0 Å². The maximum absolute atomic E-state index is 13.8. The fourth-order valence-corrected chi connectivity index (χ4v) is 4.94. The lowest BCUT2D eigenvalue weighted by atomic mass is 10.1. The molecule has 2 heterocycles. The first-order valence-electron chi connectivity index (χ1n) is 9.74. The first-order chi connectivity index (χ1) is 15.3. The Morgan fingerprint density at radius 2 is 1.88 bits per heavy atom. The lowest BCUT2D eigenvalue weighted by Gasteiger charge is -2.13. The number of fused-ring (bicyclic) bond motifs is 1. The zero-order chi connectivity index (χ0) is 22.8. The maximum atomic E-state index is 13.8. The van der Waals surface area contributed by atoms with Crippen molar-refractivity contribution in [3.05, 3.63) is 86.5 Å². The van der Waals surface area contributed by atoms with E-state index in [0.29, 0.717) is 21.1 Å². The summed E-state index contributed by atoms with van der Waals surface area (Å²) in [5.74, 6) is -1.76. The van der Waals surface area contributed by atoms with Crippen LogP contribution in [0.2, 0.25) is 0 Å². The van der Waals surface area contributed by atoms with E-state index in [9.17, 15) is 18.4 Å². The van der Waals surface area contributed by atoms with Gasteiger partial charge in [-0.15, -0.1) is 11.3 Å². The van der Waals surface area contributed by atoms with Gasteiger partial charge in [-0.3, -0.25) is 14.2 Å². The fraction of sp³-hybridized carbons (Fsp3) is 0.174. The summed E-state index contributed by atoms with van der Waals surface area (Å²) in [6.07, 6.45) is 0. The van der Waals surface area contributed by atoms with Crippen molar-refractivity contribution in [1.82, 2.24) is 14.9 Å². The molecule has 0 unspecified atom stereocenters. The van der Waals surface area contributed by atoms with Gasteiger partial charge in [0.2, 0.25) is 5.91 Å². The molecule has 32 heavy (non-hydrogen) atoms. The van der Waals surface area contributed by atoms with Crippen molar-refractivity contribution in [1.29, 1.82) is 0 Å². The monoisotopic (exact) mass is 471 g/mol.